The number of hydrogen-bond acceptors (Lipinski definition) is 3. The van der Waals surface area contributed by atoms with Gasteiger partial charge in [-0.25, -0.2) is 0 Å². The standard InChI is InChI=1S/C8H5F3O4S/c9-8(10,11)7(12)5-2-1-3-6(4-5)16(13,14)15/h1-4H,(H,13,14,15). The highest BCUT2D eigenvalue weighted by Gasteiger charge is 2.39. The highest BCUT2D eigenvalue weighted by atomic mass is 32.2. The molecule has 0 aliphatic rings. The van der Waals surface area contributed by atoms with E-state index >= 15 is 0 Å². The second-order valence-electron chi connectivity index (χ2n) is 2.83. The van der Waals surface area contributed by atoms with Gasteiger partial charge in [0, 0.05) is 5.56 Å². The van der Waals surface area contributed by atoms with Gasteiger partial charge in [-0.1, -0.05) is 12.1 Å². The Balaban J connectivity index is 3.25. The molecule has 1 aromatic carbocycles. The summed E-state index contributed by atoms with van der Waals surface area (Å²) >= 11 is 0. The van der Waals surface area contributed by atoms with Crippen molar-refractivity contribution >= 4 is 15.9 Å². The number of carbonyl (C=O) groups is 1. The van der Waals surface area contributed by atoms with Crippen LogP contribution in [0, 0.1) is 0 Å². The number of Topliss-reactive ketones (excluding diaryl/α,β-unsaturated/α-hetero) is 1. The summed E-state index contributed by atoms with van der Waals surface area (Å²) in [7, 11) is -4.62. The van der Waals surface area contributed by atoms with Crippen LogP contribution in [0.5, 0.6) is 0 Å². The molecule has 0 radical (unpaired) electrons. The molecule has 8 heteroatoms. The molecule has 16 heavy (non-hydrogen) atoms. The summed E-state index contributed by atoms with van der Waals surface area (Å²) in [6.07, 6.45) is -5.09. The number of rotatable bonds is 2. The summed E-state index contributed by atoms with van der Waals surface area (Å²) in [4.78, 5) is 9.98. The van der Waals surface area contributed by atoms with E-state index in [0.717, 1.165) is 18.2 Å². The summed E-state index contributed by atoms with van der Waals surface area (Å²) in [5, 5.41) is 0. The van der Waals surface area contributed by atoms with Crippen LogP contribution >= 0.6 is 0 Å². The second-order valence-corrected chi connectivity index (χ2v) is 4.25. The van der Waals surface area contributed by atoms with E-state index in [4.69, 9.17) is 4.55 Å². The minimum atomic E-state index is -5.09. The molecule has 1 aromatic rings. The van der Waals surface area contributed by atoms with Gasteiger partial charge in [0.2, 0.25) is 0 Å². The topological polar surface area (TPSA) is 71.4 Å². The van der Waals surface area contributed by atoms with E-state index < -0.39 is 32.5 Å². The van der Waals surface area contributed by atoms with Gasteiger partial charge in [-0.2, -0.15) is 21.6 Å². The lowest BCUT2D eigenvalue weighted by atomic mass is 10.1. The molecule has 4 nitrogen and oxygen atoms in total. The van der Waals surface area contributed by atoms with Crippen molar-refractivity contribution in [2.75, 3.05) is 0 Å². The Morgan fingerprint density at radius 3 is 2.25 bits per heavy atom. The third-order valence-corrected chi connectivity index (χ3v) is 2.50. The fourth-order valence-electron chi connectivity index (χ4n) is 0.961. The molecule has 0 amide bonds. The molecular formula is C8H5F3O4S. The third-order valence-electron chi connectivity index (χ3n) is 1.65. The Morgan fingerprint density at radius 1 is 1.25 bits per heavy atom. The smallest absolute Gasteiger partial charge is 0.284 e. The lowest BCUT2D eigenvalue weighted by molar-refractivity contribution is -0.0885. The van der Waals surface area contributed by atoms with E-state index in [2.05, 4.69) is 0 Å². The van der Waals surface area contributed by atoms with Crippen LogP contribution in [0.25, 0.3) is 0 Å². The molecule has 88 valence electrons. The number of benzene rings is 1. The molecule has 0 saturated carbocycles. The van der Waals surface area contributed by atoms with Gasteiger partial charge in [0.05, 0.1) is 4.90 Å². The Morgan fingerprint density at radius 2 is 1.81 bits per heavy atom. The van der Waals surface area contributed by atoms with Gasteiger partial charge < -0.3 is 0 Å². The maximum absolute atomic E-state index is 12.0. The van der Waals surface area contributed by atoms with Crippen molar-refractivity contribution in [3.63, 3.8) is 0 Å². The average molecular weight is 254 g/mol. The molecular weight excluding hydrogens is 249 g/mol. The highest BCUT2D eigenvalue weighted by Crippen LogP contribution is 2.22. The lowest BCUT2D eigenvalue weighted by Gasteiger charge is -2.05. The first-order chi connectivity index (χ1) is 7.12. The van der Waals surface area contributed by atoms with E-state index in [-0.39, 0.29) is 0 Å². The molecule has 1 rings (SSSR count). The predicted octanol–water partition coefficient (Wildman–Crippen LogP) is 1.68. The van der Waals surface area contributed by atoms with Crippen molar-refractivity contribution in [2.24, 2.45) is 0 Å². The summed E-state index contributed by atoms with van der Waals surface area (Å²) < 4.78 is 65.8. The van der Waals surface area contributed by atoms with Gasteiger partial charge in [-0.05, 0) is 12.1 Å². The highest BCUT2D eigenvalue weighted by molar-refractivity contribution is 7.85. The number of hydrogen-bond donors (Lipinski definition) is 1. The Kier molecular flexibility index (Phi) is 3.06. The zero-order valence-corrected chi connectivity index (χ0v) is 8.34. The first kappa shape index (κ1) is 12.7. The predicted molar refractivity (Wildman–Crippen MR) is 46.6 cm³/mol. The molecule has 0 aliphatic carbocycles. The van der Waals surface area contributed by atoms with Crippen LogP contribution in [-0.2, 0) is 10.1 Å². The summed E-state index contributed by atoms with van der Waals surface area (Å²) in [6, 6.07) is 3.08. The van der Waals surface area contributed by atoms with E-state index in [1.54, 1.807) is 0 Å². The van der Waals surface area contributed by atoms with Gasteiger partial charge in [0.1, 0.15) is 0 Å². The maximum atomic E-state index is 12.0. The number of carbonyl (C=O) groups excluding carboxylic acids is 1. The fraction of sp³-hybridized carbons (Fsp3) is 0.125. The van der Waals surface area contributed by atoms with E-state index in [9.17, 15) is 26.4 Å². The minimum absolute atomic E-state index is 0.463. The normalized spacial score (nSPS) is 12.5. The van der Waals surface area contributed by atoms with Crippen LogP contribution < -0.4 is 0 Å². The third kappa shape index (κ3) is 2.80. The number of alkyl halides is 3. The van der Waals surface area contributed by atoms with Crippen LogP contribution in [0.3, 0.4) is 0 Å². The van der Waals surface area contributed by atoms with Gasteiger partial charge in [0.15, 0.2) is 0 Å². The number of halogens is 3. The largest absolute Gasteiger partial charge is 0.454 e. The van der Waals surface area contributed by atoms with Gasteiger partial charge in [-0.3, -0.25) is 9.35 Å². The summed E-state index contributed by atoms with van der Waals surface area (Å²) in [5.41, 5.74) is -0.845. The summed E-state index contributed by atoms with van der Waals surface area (Å²) in [6.45, 7) is 0. The molecule has 0 unspecified atom stereocenters. The molecule has 0 spiro atoms. The van der Waals surface area contributed by atoms with Crippen molar-refractivity contribution in [1.29, 1.82) is 0 Å². The van der Waals surface area contributed by atoms with Crippen LogP contribution in [0.4, 0.5) is 13.2 Å². The zero-order valence-electron chi connectivity index (χ0n) is 7.52. The summed E-state index contributed by atoms with van der Waals surface area (Å²) in [5.74, 6) is -2.17. The zero-order chi connectivity index (χ0) is 12.6. The molecule has 0 fully saturated rings. The average Bonchev–Trinajstić information content (AvgIpc) is 2.14. The Bertz CT molecular complexity index is 518. The minimum Gasteiger partial charge on any atom is -0.284 e. The van der Waals surface area contributed by atoms with Crippen molar-refractivity contribution in [1.82, 2.24) is 0 Å². The molecule has 0 aliphatic heterocycles. The SMILES string of the molecule is O=C(c1cccc(S(=O)(=O)O)c1)C(F)(F)F. The number of ketones is 1. The molecule has 1 N–H and O–H groups in total. The lowest BCUT2D eigenvalue weighted by Crippen LogP contribution is -2.22. The second kappa shape index (κ2) is 3.87. The van der Waals surface area contributed by atoms with Crippen LogP contribution in [0.1, 0.15) is 10.4 Å². The van der Waals surface area contributed by atoms with E-state index in [0.29, 0.717) is 6.07 Å². The monoisotopic (exact) mass is 254 g/mol. The first-order valence-electron chi connectivity index (χ1n) is 3.81. The van der Waals surface area contributed by atoms with Crippen LogP contribution in [0.2, 0.25) is 0 Å². The Hall–Kier alpha value is -1.41. The van der Waals surface area contributed by atoms with Crippen molar-refractivity contribution in [3.05, 3.63) is 29.8 Å². The molecule has 0 saturated heterocycles. The van der Waals surface area contributed by atoms with Gasteiger partial charge in [0.25, 0.3) is 15.9 Å². The maximum Gasteiger partial charge on any atom is 0.454 e. The first-order valence-corrected chi connectivity index (χ1v) is 5.25. The quantitative estimate of drug-likeness (QED) is 0.643. The van der Waals surface area contributed by atoms with Gasteiger partial charge in [-0.15, -0.1) is 0 Å². The van der Waals surface area contributed by atoms with Crippen LogP contribution in [-0.4, -0.2) is 24.9 Å². The Labute approximate surface area is 88.4 Å². The molecule has 0 heterocycles. The van der Waals surface area contributed by atoms with Crippen molar-refractivity contribution in [3.8, 4) is 0 Å². The van der Waals surface area contributed by atoms with Crippen molar-refractivity contribution in [2.45, 2.75) is 11.1 Å². The fourth-order valence-corrected chi connectivity index (χ4v) is 1.49. The van der Waals surface area contributed by atoms with E-state index in [1.165, 1.54) is 0 Å². The van der Waals surface area contributed by atoms with E-state index in [1.807, 2.05) is 0 Å². The van der Waals surface area contributed by atoms with Crippen LogP contribution in [0.15, 0.2) is 29.2 Å². The van der Waals surface area contributed by atoms with Gasteiger partial charge >= 0.3 is 6.18 Å². The molecule has 0 aromatic heterocycles. The molecule has 0 atom stereocenters. The van der Waals surface area contributed by atoms with Crippen molar-refractivity contribution < 1.29 is 30.9 Å². The molecule has 0 bridgehead atoms.